The van der Waals surface area contributed by atoms with Gasteiger partial charge in [-0.05, 0) is 52.1 Å². The van der Waals surface area contributed by atoms with Crippen LogP contribution in [0.15, 0.2) is 0 Å². The summed E-state index contributed by atoms with van der Waals surface area (Å²) in [6.07, 6.45) is 1.97. The van der Waals surface area contributed by atoms with Crippen molar-refractivity contribution in [3.8, 4) is 0 Å². The molecule has 0 aliphatic carbocycles. The fourth-order valence-electron chi connectivity index (χ4n) is 2.39. The van der Waals surface area contributed by atoms with Crippen LogP contribution in [0.25, 0.3) is 0 Å². The van der Waals surface area contributed by atoms with Crippen LogP contribution < -0.4 is 11.1 Å². The van der Waals surface area contributed by atoms with Gasteiger partial charge >= 0.3 is 0 Å². The molecule has 0 radical (unpaired) electrons. The SMILES string of the molecule is CCNC(CCN(CC)CCCN(CC)CC)C(N)=O. The van der Waals surface area contributed by atoms with E-state index in [2.05, 4.69) is 35.9 Å². The number of hydrogen-bond acceptors (Lipinski definition) is 4. The molecule has 0 aromatic heterocycles. The predicted molar refractivity (Wildman–Crippen MR) is 85.8 cm³/mol. The highest BCUT2D eigenvalue weighted by Gasteiger charge is 2.15. The summed E-state index contributed by atoms with van der Waals surface area (Å²) in [4.78, 5) is 16.1. The van der Waals surface area contributed by atoms with Gasteiger partial charge in [0.15, 0.2) is 0 Å². The first kappa shape index (κ1) is 19.4. The summed E-state index contributed by atoms with van der Waals surface area (Å²) in [6, 6.07) is -0.197. The fourth-order valence-corrected chi connectivity index (χ4v) is 2.39. The first-order chi connectivity index (χ1) is 9.58. The van der Waals surface area contributed by atoms with Gasteiger partial charge in [0.05, 0.1) is 6.04 Å². The Morgan fingerprint density at radius 2 is 1.55 bits per heavy atom. The lowest BCUT2D eigenvalue weighted by Crippen LogP contribution is -2.43. The molecule has 5 heteroatoms. The smallest absolute Gasteiger partial charge is 0.234 e. The largest absolute Gasteiger partial charge is 0.368 e. The van der Waals surface area contributed by atoms with Crippen LogP contribution in [-0.4, -0.2) is 67.6 Å². The van der Waals surface area contributed by atoms with Crippen LogP contribution in [-0.2, 0) is 4.79 Å². The molecule has 1 amide bonds. The lowest BCUT2D eigenvalue weighted by molar-refractivity contribution is -0.120. The number of rotatable bonds is 13. The van der Waals surface area contributed by atoms with Crippen LogP contribution in [0.2, 0.25) is 0 Å². The van der Waals surface area contributed by atoms with Crippen LogP contribution in [0.1, 0.15) is 40.5 Å². The molecule has 0 spiro atoms. The van der Waals surface area contributed by atoms with E-state index in [4.69, 9.17) is 5.73 Å². The van der Waals surface area contributed by atoms with E-state index in [1.807, 2.05) is 6.92 Å². The van der Waals surface area contributed by atoms with Gasteiger partial charge in [-0.2, -0.15) is 0 Å². The number of hydrogen-bond donors (Lipinski definition) is 2. The van der Waals surface area contributed by atoms with Gasteiger partial charge in [-0.1, -0.05) is 27.7 Å². The Balaban J connectivity index is 3.98. The molecule has 1 unspecified atom stereocenters. The number of nitrogens with zero attached hydrogens (tertiary/aromatic N) is 2. The van der Waals surface area contributed by atoms with E-state index >= 15 is 0 Å². The van der Waals surface area contributed by atoms with Crippen molar-refractivity contribution in [1.82, 2.24) is 15.1 Å². The van der Waals surface area contributed by atoms with Crippen molar-refractivity contribution in [3.63, 3.8) is 0 Å². The van der Waals surface area contributed by atoms with E-state index in [1.54, 1.807) is 0 Å². The fraction of sp³-hybridized carbons (Fsp3) is 0.933. The number of primary amides is 1. The molecule has 120 valence electrons. The first-order valence-corrected chi connectivity index (χ1v) is 8.06. The second-order valence-electron chi connectivity index (χ2n) is 5.12. The molecule has 20 heavy (non-hydrogen) atoms. The van der Waals surface area contributed by atoms with Crippen molar-refractivity contribution in [2.45, 2.75) is 46.6 Å². The van der Waals surface area contributed by atoms with E-state index in [0.717, 1.165) is 52.2 Å². The first-order valence-electron chi connectivity index (χ1n) is 8.06. The second kappa shape index (κ2) is 12.1. The molecule has 0 heterocycles. The highest BCUT2D eigenvalue weighted by atomic mass is 16.1. The molecule has 0 saturated heterocycles. The van der Waals surface area contributed by atoms with Gasteiger partial charge in [0.25, 0.3) is 0 Å². The molecule has 0 bridgehead atoms. The summed E-state index contributed by atoms with van der Waals surface area (Å²) >= 11 is 0. The molecular formula is C15H34N4O. The van der Waals surface area contributed by atoms with Gasteiger partial charge < -0.3 is 20.9 Å². The minimum Gasteiger partial charge on any atom is -0.368 e. The van der Waals surface area contributed by atoms with Crippen LogP contribution in [0.3, 0.4) is 0 Å². The molecule has 0 aliphatic rings. The molecule has 1 atom stereocenters. The topological polar surface area (TPSA) is 61.6 Å². The lowest BCUT2D eigenvalue weighted by Gasteiger charge is -2.25. The number of amides is 1. The predicted octanol–water partition coefficient (Wildman–Crippen LogP) is 0.894. The summed E-state index contributed by atoms with van der Waals surface area (Å²) in [5, 5.41) is 3.14. The number of carbonyl (C=O) groups is 1. The number of likely N-dealkylation sites (N-methyl/N-ethyl adjacent to an activating group) is 1. The van der Waals surface area contributed by atoms with Gasteiger partial charge in [0.1, 0.15) is 0 Å². The van der Waals surface area contributed by atoms with Crippen molar-refractivity contribution in [3.05, 3.63) is 0 Å². The summed E-state index contributed by atoms with van der Waals surface area (Å²) in [5.41, 5.74) is 5.40. The number of carbonyl (C=O) groups excluding carboxylic acids is 1. The molecular weight excluding hydrogens is 252 g/mol. The average molecular weight is 286 g/mol. The highest BCUT2D eigenvalue weighted by molar-refractivity contribution is 5.79. The molecule has 0 aromatic carbocycles. The van der Waals surface area contributed by atoms with Crippen molar-refractivity contribution in [2.75, 3.05) is 45.8 Å². The third-order valence-electron chi connectivity index (χ3n) is 3.82. The van der Waals surface area contributed by atoms with Crippen molar-refractivity contribution >= 4 is 5.91 Å². The monoisotopic (exact) mass is 286 g/mol. The van der Waals surface area contributed by atoms with E-state index in [0.29, 0.717) is 0 Å². The third-order valence-corrected chi connectivity index (χ3v) is 3.82. The molecule has 3 N–H and O–H groups in total. The van der Waals surface area contributed by atoms with Gasteiger partial charge in [-0.3, -0.25) is 4.79 Å². The van der Waals surface area contributed by atoms with E-state index in [1.165, 1.54) is 6.42 Å². The van der Waals surface area contributed by atoms with Crippen molar-refractivity contribution in [1.29, 1.82) is 0 Å². The van der Waals surface area contributed by atoms with Gasteiger partial charge in [-0.15, -0.1) is 0 Å². The maximum Gasteiger partial charge on any atom is 0.234 e. The Labute approximate surface area is 124 Å². The van der Waals surface area contributed by atoms with Gasteiger partial charge in [0.2, 0.25) is 5.91 Å². The molecule has 0 aromatic rings. The van der Waals surface area contributed by atoms with E-state index < -0.39 is 0 Å². The molecule has 0 aliphatic heterocycles. The van der Waals surface area contributed by atoms with E-state index in [-0.39, 0.29) is 11.9 Å². The Bertz CT molecular complexity index is 244. The maximum absolute atomic E-state index is 11.3. The van der Waals surface area contributed by atoms with Crippen LogP contribution in [0.4, 0.5) is 0 Å². The normalized spacial score (nSPS) is 13.1. The average Bonchev–Trinajstić information content (AvgIpc) is 2.45. The zero-order valence-corrected chi connectivity index (χ0v) is 13.8. The third kappa shape index (κ3) is 8.51. The lowest BCUT2D eigenvalue weighted by atomic mass is 10.2. The number of nitrogens with two attached hydrogens (primary N) is 1. The Morgan fingerprint density at radius 3 is 2.00 bits per heavy atom. The summed E-state index contributed by atoms with van der Waals surface area (Å²) in [5.74, 6) is -0.244. The summed E-state index contributed by atoms with van der Waals surface area (Å²) in [7, 11) is 0. The Kier molecular flexibility index (Phi) is 11.7. The maximum atomic E-state index is 11.3. The van der Waals surface area contributed by atoms with Crippen LogP contribution in [0.5, 0.6) is 0 Å². The van der Waals surface area contributed by atoms with Crippen molar-refractivity contribution in [2.24, 2.45) is 5.73 Å². The Hall–Kier alpha value is -0.650. The minimum atomic E-state index is -0.244. The highest BCUT2D eigenvalue weighted by Crippen LogP contribution is 2.00. The van der Waals surface area contributed by atoms with Gasteiger partial charge in [-0.25, -0.2) is 0 Å². The molecule has 5 nitrogen and oxygen atoms in total. The number of nitrogens with one attached hydrogen (secondary N) is 1. The van der Waals surface area contributed by atoms with Crippen LogP contribution in [0, 0.1) is 0 Å². The molecule has 0 saturated carbocycles. The van der Waals surface area contributed by atoms with Gasteiger partial charge in [0, 0.05) is 6.54 Å². The summed E-state index contributed by atoms with van der Waals surface area (Å²) in [6.45, 7) is 15.8. The van der Waals surface area contributed by atoms with Crippen molar-refractivity contribution < 1.29 is 4.79 Å². The van der Waals surface area contributed by atoms with E-state index in [9.17, 15) is 4.79 Å². The molecule has 0 fully saturated rings. The quantitative estimate of drug-likeness (QED) is 0.528. The summed E-state index contributed by atoms with van der Waals surface area (Å²) < 4.78 is 0. The zero-order valence-electron chi connectivity index (χ0n) is 13.8. The van der Waals surface area contributed by atoms with Crippen LogP contribution >= 0.6 is 0 Å². The minimum absolute atomic E-state index is 0.197. The molecule has 0 rings (SSSR count). The standard InChI is InChI=1S/C15H34N4O/c1-5-17-14(15(16)20)10-13-19(8-4)12-9-11-18(6-2)7-3/h14,17H,5-13H2,1-4H3,(H2,16,20). The zero-order chi connectivity index (χ0) is 15.4. The second-order valence-corrected chi connectivity index (χ2v) is 5.12. The Morgan fingerprint density at radius 1 is 1.00 bits per heavy atom.